The van der Waals surface area contributed by atoms with Crippen molar-refractivity contribution in [1.82, 2.24) is 5.32 Å². The van der Waals surface area contributed by atoms with Crippen molar-refractivity contribution in [1.29, 1.82) is 0 Å². The number of hydrogen-bond donors (Lipinski definition) is 3. The summed E-state index contributed by atoms with van der Waals surface area (Å²) in [6, 6.07) is 0. The van der Waals surface area contributed by atoms with E-state index in [0.29, 0.717) is 6.42 Å². The van der Waals surface area contributed by atoms with Crippen LogP contribution in [0.1, 0.15) is 122 Å². The van der Waals surface area contributed by atoms with Gasteiger partial charge in [0.15, 0.2) is 0 Å². The van der Waals surface area contributed by atoms with E-state index in [-0.39, 0.29) is 19.1 Å². The van der Waals surface area contributed by atoms with E-state index in [9.17, 15) is 9.90 Å². The fourth-order valence-electron chi connectivity index (χ4n) is 3.45. The van der Waals surface area contributed by atoms with E-state index >= 15 is 0 Å². The highest BCUT2D eigenvalue weighted by atomic mass is 16.3. The van der Waals surface area contributed by atoms with Crippen LogP contribution in [0.4, 0.5) is 0 Å². The lowest BCUT2D eigenvalue weighted by atomic mass is 10.1. The topological polar surface area (TPSA) is 69.6 Å². The number of amides is 1. The number of carbonyl (C=O) groups is 1. The average molecular weight is 412 g/mol. The number of aliphatic hydroxyl groups excluding tert-OH is 2. The van der Waals surface area contributed by atoms with Gasteiger partial charge in [-0.1, -0.05) is 96.1 Å². The normalized spacial score (nSPS) is 12.5. The van der Waals surface area contributed by atoms with Gasteiger partial charge in [0, 0.05) is 13.0 Å². The first kappa shape index (κ1) is 28.1. The summed E-state index contributed by atoms with van der Waals surface area (Å²) in [7, 11) is 0. The number of hydrogen-bond acceptors (Lipinski definition) is 3. The minimum Gasteiger partial charge on any atom is -0.394 e. The van der Waals surface area contributed by atoms with Gasteiger partial charge in [0.2, 0.25) is 5.91 Å². The van der Waals surface area contributed by atoms with E-state index in [1.807, 2.05) is 0 Å². The molecule has 0 heterocycles. The van der Waals surface area contributed by atoms with E-state index in [2.05, 4.69) is 24.4 Å². The first-order valence-electron chi connectivity index (χ1n) is 12.4. The molecule has 3 N–H and O–H groups in total. The summed E-state index contributed by atoms with van der Waals surface area (Å²) < 4.78 is 0. The van der Waals surface area contributed by atoms with E-state index in [0.717, 1.165) is 12.8 Å². The van der Waals surface area contributed by atoms with Gasteiger partial charge in [-0.3, -0.25) is 4.79 Å². The number of nitrogens with one attached hydrogen (secondary N) is 1. The second-order valence-electron chi connectivity index (χ2n) is 8.39. The molecule has 1 atom stereocenters. The zero-order valence-corrected chi connectivity index (χ0v) is 19.2. The van der Waals surface area contributed by atoms with E-state index < -0.39 is 6.10 Å². The van der Waals surface area contributed by atoms with Crippen molar-refractivity contribution in [3.05, 3.63) is 12.2 Å². The Hall–Kier alpha value is -0.870. The molecule has 0 fully saturated rings. The molecule has 0 aromatic heterocycles. The second-order valence-corrected chi connectivity index (χ2v) is 8.39. The molecule has 0 aliphatic rings. The molecule has 0 aliphatic heterocycles. The number of rotatable bonds is 22. The van der Waals surface area contributed by atoms with Crippen LogP contribution in [0.5, 0.6) is 0 Å². The molecule has 0 radical (unpaired) electrons. The lowest BCUT2D eigenvalue weighted by Crippen LogP contribution is -2.33. The molecule has 4 nitrogen and oxygen atoms in total. The molecular weight excluding hydrogens is 362 g/mol. The number of allylic oxidation sites excluding steroid dienone is 2. The Morgan fingerprint density at radius 3 is 1.69 bits per heavy atom. The molecule has 0 saturated heterocycles. The molecule has 0 rings (SSSR count). The van der Waals surface area contributed by atoms with Crippen LogP contribution < -0.4 is 5.32 Å². The average Bonchev–Trinajstić information content (AvgIpc) is 2.73. The van der Waals surface area contributed by atoms with Crippen LogP contribution in [0, 0.1) is 0 Å². The maximum atomic E-state index is 11.5. The van der Waals surface area contributed by atoms with Crippen LogP contribution in [-0.2, 0) is 4.79 Å². The molecule has 0 aliphatic carbocycles. The summed E-state index contributed by atoms with van der Waals surface area (Å²) in [5.74, 6) is -0.0291. The van der Waals surface area contributed by atoms with Crippen molar-refractivity contribution in [2.45, 2.75) is 129 Å². The van der Waals surface area contributed by atoms with Gasteiger partial charge in [0.1, 0.15) is 0 Å². The summed E-state index contributed by atoms with van der Waals surface area (Å²) in [5.41, 5.74) is 0. The highest BCUT2D eigenvalue weighted by Gasteiger charge is 2.05. The highest BCUT2D eigenvalue weighted by molar-refractivity contribution is 5.75. The summed E-state index contributed by atoms with van der Waals surface area (Å²) in [6.07, 6.45) is 26.4. The zero-order chi connectivity index (χ0) is 21.4. The quantitative estimate of drug-likeness (QED) is 0.150. The van der Waals surface area contributed by atoms with Crippen molar-refractivity contribution >= 4 is 5.91 Å². The maximum Gasteiger partial charge on any atom is 0.220 e. The Labute approximate surface area is 180 Å². The molecule has 172 valence electrons. The number of aliphatic hydroxyl groups is 2. The Morgan fingerprint density at radius 1 is 0.759 bits per heavy atom. The van der Waals surface area contributed by atoms with E-state index in [1.54, 1.807) is 0 Å². The van der Waals surface area contributed by atoms with Crippen molar-refractivity contribution in [2.24, 2.45) is 0 Å². The third-order valence-electron chi connectivity index (χ3n) is 5.41. The van der Waals surface area contributed by atoms with Crippen molar-refractivity contribution in [2.75, 3.05) is 13.2 Å². The van der Waals surface area contributed by atoms with Crippen molar-refractivity contribution in [3.63, 3.8) is 0 Å². The van der Waals surface area contributed by atoms with Crippen LogP contribution in [0.3, 0.4) is 0 Å². The lowest BCUT2D eigenvalue weighted by Gasteiger charge is -2.08. The molecule has 0 saturated carbocycles. The minimum absolute atomic E-state index is 0.0291. The van der Waals surface area contributed by atoms with Crippen molar-refractivity contribution in [3.8, 4) is 0 Å². The van der Waals surface area contributed by atoms with Crippen LogP contribution in [-0.4, -0.2) is 35.4 Å². The molecule has 29 heavy (non-hydrogen) atoms. The fraction of sp³-hybridized carbons (Fsp3) is 0.880. The summed E-state index contributed by atoms with van der Waals surface area (Å²) in [4.78, 5) is 11.5. The first-order chi connectivity index (χ1) is 14.2. The van der Waals surface area contributed by atoms with Gasteiger partial charge in [-0.15, -0.1) is 0 Å². The SMILES string of the molecule is CCCCCCCC/C=C\CCCCCCCCCCCC(=O)NCC(O)CO. The Morgan fingerprint density at radius 2 is 1.21 bits per heavy atom. The van der Waals surface area contributed by atoms with Crippen LogP contribution in [0.15, 0.2) is 12.2 Å². The van der Waals surface area contributed by atoms with Gasteiger partial charge in [-0.05, 0) is 32.1 Å². The van der Waals surface area contributed by atoms with E-state index in [4.69, 9.17) is 5.11 Å². The van der Waals surface area contributed by atoms with E-state index in [1.165, 1.54) is 96.3 Å². The molecule has 0 aromatic carbocycles. The third kappa shape index (κ3) is 23.3. The number of unbranched alkanes of at least 4 members (excludes halogenated alkanes) is 15. The van der Waals surface area contributed by atoms with Crippen LogP contribution in [0.2, 0.25) is 0 Å². The summed E-state index contributed by atoms with van der Waals surface area (Å²) in [5, 5.41) is 20.5. The fourth-order valence-corrected chi connectivity index (χ4v) is 3.45. The standard InChI is InChI=1S/C25H49NO3/c1-2-3-4-5-6-7-8-9-10-11-12-13-14-15-16-17-18-19-20-21-25(29)26-22-24(28)23-27/h9-10,24,27-28H,2-8,11-23H2,1H3,(H,26,29)/b10-9-. The lowest BCUT2D eigenvalue weighted by molar-refractivity contribution is -0.121. The minimum atomic E-state index is -0.847. The largest absolute Gasteiger partial charge is 0.394 e. The molecule has 1 amide bonds. The third-order valence-corrected chi connectivity index (χ3v) is 5.41. The molecular formula is C25H49NO3. The van der Waals surface area contributed by atoms with Gasteiger partial charge < -0.3 is 15.5 Å². The first-order valence-corrected chi connectivity index (χ1v) is 12.4. The van der Waals surface area contributed by atoms with Gasteiger partial charge in [0.25, 0.3) is 0 Å². The Bertz CT molecular complexity index is 371. The predicted molar refractivity (Wildman–Crippen MR) is 124 cm³/mol. The molecule has 1 unspecified atom stereocenters. The van der Waals surface area contributed by atoms with Gasteiger partial charge in [-0.2, -0.15) is 0 Å². The predicted octanol–water partition coefficient (Wildman–Crippen LogP) is 6.05. The Kier molecular flexibility index (Phi) is 22.7. The summed E-state index contributed by atoms with van der Waals surface area (Å²) in [6.45, 7) is 2.10. The zero-order valence-electron chi connectivity index (χ0n) is 19.2. The van der Waals surface area contributed by atoms with Gasteiger partial charge >= 0.3 is 0 Å². The van der Waals surface area contributed by atoms with Gasteiger partial charge in [-0.25, -0.2) is 0 Å². The molecule has 0 bridgehead atoms. The second kappa shape index (κ2) is 23.4. The Balaban J connectivity index is 3.18. The smallest absolute Gasteiger partial charge is 0.220 e. The molecule has 0 spiro atoms. The van der Waals surface area contributed by atoms with Crippen LogP contribution >= 0.6 is 0 Å². The monoisotopic (exact) mass is 411 g/mol. The maximum absolute atomic E-state index is 11.5. The van der Waals surface area contributed by atoms with Crippen LogP contribution in [0.25, 0.3) is 0 Å². The number of carbonyl (C=O) groups excluding carboxylic acids is 1. The van der Waals surface area contributed by atoms with Gasteiger partial charge in [0.05, 0.1) is 12.7 Å². The highest BCUT2D eigenvalue weighted by Crippen LogP contribution is 2.12. The van der Waals surface area contributed by atoms with Crippen molar-refractivity contribution < 1.29 is 15.0 Å². The molecule has 0 aromatic rings. The summed E-state index contributed by atoms with van der Waals surface area (Å²) >= 11 is 0. The molecule has 4 heteroatoms.